The topological polar surface area (TPSA) is 97.2 Å². The molecule has 31 heavy (non-hydrogen) atoms. The molecule has 0 atom stereocenters. The highest BCUT2D eigenvalue weighted by Gasteiger charge is 2.24. The van der Waals surface area contributed by atoms with Crippen LogP contribution in [0.3, 0.4) is 0 Å². The molecule has 2 N–H and O–H groups in total. The fourth-order valence-corrected chi connectivity index (χ4v) is 4.26. The van der Waals surface area contributed by atoms with Crippen molar-refractivity contribution in [1.29, 1.82) is 0 Å². The van der Waals surface area contributed by atoms with E-state index >= 15 is 0 Å². The van der Waals surface area contributed by atoms with Gasteiger partial charge in [-0.1, -0.05) is 23.2 Å². The standard InChI is InChI=1S/C20H15BrCl2N2O5S/c1-2-29-15-6-10(5-12(21)18(15)30-9-17(26)27)7-16-19(28)25-20(31-16)24-14-8-11(22)3-4-13(14)23/h3-8H,2,9H2,1H3,(H,26,27)(H,24,25,28)/b16-7+. The first-order valence-electron chi connectivity index (χ1n) is 8.82. The molecule has 0 saturated carbocycles. The van der Waals surface area contributed by atoms with Gasteiger partial charge in [-0.3, -0.25) is 4.79 Å². The van der Waals surface area contributed by atoms with Gasteiger partial charge in [0, 0.05) is 5.02 Å². The number of amides is 1. The predicted molar refractivity (Wildman–Crippen MR) is 126 cm³/mol. The molecule has 162 valence electrons. The Balaban J connectivity index is 1.88. The van der Waals surface area contributed by atoms with Gasteiger partial charge in [0.15, 0.2) is 23.3 Å². The first kappa shape index (κ1) is 23.5. The van der Waals surface area contributed by atoms with E-state index in [1.54, 1.807) is 43.3 Å². The van der Waals surface area contributed by atoms with E-state index in [4.69, 9.17) is 37.8 Å². The summed E-state index contributed by atoms with van der Waals surface area (Å²) in [5.74, 6) is -0.797. The van der Waals surface area contributed by atoms with Crippen LogP contribution in [0.2, 0.25) is 10.0 Å². The molecule has 1 amide bonds. The number of aliphatic imine (C=N–C) groups is 1. The Morgan fingerprint density at radius 3 is 2.77 bits per heavy atom. The third-order valence-electron chi connectivity index (χ3n) is 3.75. The maximum absolute atomic E-state index is 12.4. The molecule has 1 aliphatic heterocycles. The summed E-state index contributed by atoms with van der Waals surface area (Å²) in [7, 11) is 0. The van der Waals surface area contributed by atoms with Crippen LogP contribution in [-0.4, -0.2) is 35.4 Å². The number of nitrogens with one attached hydrogen (secondary N) is 1. The number of nitrogens with zero attached hydrogens (tertiary/aromatic N) is 1. The number of hydrogen-bond donors (Lipinski definition) is 2. The van der Waals surface area contributed by atoms with Crippen molar-refractivity contribution < 1.29 is 24.2 Å². The lowest BCUT2D eigenvalue weighted by atomic mass is 10.2. The number of halogens is 3. The Bertz CT molecular complexity index is 1110. The number of amidine groups is 1. The summed E-state index contributed by atoms with van der Waals surface area (Å²) >= 11 is 16.6. The summed E-state index contributed by atoms with van der Waals surface area (Å²) in [6.45, 7) is 1.63. The van der Waals surface area contributed by atoms with Gasteiger partial charge in [0.25, 0.3) is 5.91 Å². The normalized spacial score (nSPS) is 15.9. The van der Waals surface area contributed by atoms with Gasteiger partial charge in [-0.25, -0.2) is 9.79 Å². The quantitative estimate of drug-likeness (QED) is 0.445. The van der Waals surface area contributed by atoms with E-state index < -0.39 is 12.6 Å². The van der Waals surface area contributed by atoms with Crippen molar-refractivity contribution in [1.82, 2.24) is 5.32 Å². The van der Waals surface area contributed by atoms with E-state index in [1.807, 2.05) is 0 Å². The van der Waals surface area contributed by atoms with Crippen molar-refractivity contribution >= 4 is 79.7 Å². The minimum atomic E-state index is -1.11. The summed E-state index contributed by atoms with van der Waals surface area (Å²) in [5.41, 5.74) is 1.09. The van der Waals surface area contributed by atoms with E-state index in [0.717, 1.165) is 11.8 Å². The van der Waals surface area contributed by atoms with Gasteiger partial charge in [0.05, 0.1) is 26.7 Å². The number of ether oxygens (including phenoxy) is 2. The molecule has 0 bridgehead atoms. The van der Waals surface area contributed by atoms with Crippen LogP contribution in [0.25, 0.3) is 6.08 Å². The maximum Gasteiger partial charge on any atom is 0.341 e. The number of rotatable bonds is 7. The van der Waals surface area contributed by atoms with Gasteiger partial charge < -0.3 is 19.9 Å². The Labute approximate surface area is 200 Å². The maximum atomic E-state index is 12.4. The Kier molecular flexibility index (Phi) is 7.88. The molecule has 0 spiro atoms. The van der Waals surface area contributed by atoms with E-state index in [-0.39, 0.29) is 11.7 Å². The molecule has 0 aromatic heterocycles. The van der Waals surface area contributed by atoms with Gasteiger partial charge in [0.2, 0.25) is 0 Å². The minimum Gasteiger partial charge on any atom is -0.490 e. The van der Waals surface area contributed by atoms with Crippen LogP contribution in [-0.2, 0) is 9.59 Å². The lowest BCUT2D eigenvalue weighted by Crippen LogP contribution is -2.19. The van der Waals surface area contributed by atoms with Gasteiger partial charge in [-0.2, -0.15) is 0 Å². The highest BCUT2D eigenvalue weighted by atomic mass is 79.9. The smallest absolute Gasteiger partial charge is 0.341 e. The summed E-state index contributed by atoms with van der Waals surface area (Å²) in [6, 6.07) is 8.24. The number of carbonyl (C=O) groups is 2. The second-order valence-corrected chi connectivity index (χ2v) is 8.75. The largest absolute Gasteiger partial charge is 0.490 e. The SMILES string of the molecule is CCOc1cc(/C=C2/SC(=Nc3cc(Cl)ccc3Cl)NC2=O)cc(Br)c1OCC(=O)O. The number of hydrogen-bond acceptors (Lipinski definition) is 6. The fourth-order valence-electron chi connectivity index (χ4n) is 2.52. The van der Waals surface area contributed by atoms with Crippen LogP contribution in [0.1, 0.15) is 12.5 Å². The molecule has 0 aliphatic carbocycles. The van der Waals surface area contributed by atoms with Crippen LogP contribution in [0, 0.1) is 0 Å². The molecule has 0 unspecified atom stereocenters. The van der Waals surface area contributed by atoms with Crippen LogP contribution >= 0.6 is 50.9 Å². The van der Waals surface area contributed by atoms with Crippen LogP contribution in [0.5, 0.6) is 11.5 Å². The fraction of sp³-hybridized carbons (Fsp3) is 0.150. The third-order valence-corrected chi connectivity index (χ3v) is 5.80. The molecular weight excluding hydrogens is 531 g/mol. The van der Waals surface area contributed by atoms with Gasteiger partial charge >= 0.3 is 5.97 Å². The van der Waals surface area contributed by atoms with Crippen LogP contribution in [0.4, 0.5) is 5.69 Å². The van der Waals surface area contributed by atoms with Crippen molar-refractivity contribution in [3.05, 3.63) is 55.3 Å². The van der Waals surface area contributed by atoms with Crippen molar-refractivity contribution in [3.8, 4) is 11.5 Å². The molecule has 11 heteroatoms. The lowest BCUT2D eigenvalue weighted by Gasteiger charge is -2.13. The molecule has 3 rings (SSSR count). The molecule has 1 fully saturated rings. The third kappa shape index (κ3) is 6.16. The minimum absolute atomic E-state index is 0.271. The second kappa shape index (κ2) is 10.4. The second-order valence-electron chi connectivity index (χ2n) is 6.02. The average molecular weight is 546 g/mol. The number of carboxylic acids is 1. The van der Waals surface area contributed by atoms with Crippen molar-refractivity contribution in [2.24, 2.45) is 4.99 Å². The summed E-state index contributed by atoms with van der Waals surface area (Å²) in [6.07, 6.45) is 1.66. The number of thioether (sulfide) groups is 1. The van der Waals surface area contributed by atoms with E-state index in [9.17, 15) is 9.59 Å². The summed E-state index contributed by atoms with van der Waals surface area (Å²) in [4.78, 5) is 28.0. The lowest BCUT2D eigenvalue weighted by molar-refractivity contribution is -0.139. The van der Waals surface area contributed by atoms with Crippen molar-refractivity contribution in [2.45, 2.75) is 6.92 Å². The summed E-state index contributed by atoms with van der Waals surface area (Å²) < 4.78 is 11.4. The van der Waals surface area contributed by atoms with E-state index in [2.05, 4.69) is 26.2 Å². The first-order chi connectivity index (χ1) is 14.8. The Morgan fingerprint density at radius 1 is 1.29 bits per heavy atom. The highest BCUT2D eigenvalue weighted by molar-refractivity contribution is 9.10. The molecular formula is C20H15BrCl2N2O5S. The number of benzene rings is 2. The molecule has 1 heterocycles. The molecule has 1 aliphatic rings. The van der Waals surface area contributed by atoms with E-state index in [0.29, 0.717) is 48.2 Å². The monoisotopic (exact) mass is 544 g/mol. The number of carboxylic acid groups (broad SMARTS) is 1. The zero-order valence-corrected chi connectivity index (χ0v) is 19.9. The number of carbonyl (C=O) groups excluding carboxylic acids is 1. The predicted octanol–water partition coefficient (Wildman–Crippen LogP) is 5.51. The van der Waals surface area contributed by atoms with Crippen molar-refractivity contribution in [2.75, 3.05) is 13.2 Å². The van der Waals surface area contributed by atoms with Gasteiger partial charge in [0.1, 0.15) is 0 Å². The number of aliphatic carboxylic acids is 1. The zero-order chi connectivity index (χ0) is 22.5. The first-order valence-corrected chi connectivity index (χ1v) is 11.2. The Morgan fingerprint density at radius 2 is 2.06 bits per heavy atom. The molecule has 0 radical (unpaired) electrons. The van der Waals surface area contributed by atoms with Crippen LogP contribution in [0.15, 0.2) is 44.7 Å². The highest BCUT2D eigenvalue weighted by Crippen LogP contribution is 2.39. The molecule has 1 saturated heterocycles. The van der Waals surface area contributed by atoms with Crippen LogP contribution < -0.4 is 14.8 Å². The van der Waals surface area contributed by atoms with Gasteiger partial charge in [-0.05, 0) is 76.6 Å². The Hall–Kier alpha value is -2.20. The average Bonchev–Trinajstić information content (AvgIpc) is 3.03. The van der Waals surface area contributed by atoms with Gasteiger partial charge in [-0.15, -0.1) is 0 Å². The summed E-state index contributed by atoms with van der Waals surface area (Å²) in [5, 5.41) is 12.8. The molecule has 2 aromatic rings. The molecule has 7 nitrogen and oxygen atoms in total. The van der Waals surface area contributed by atoms with Crippen molar-refractivity contribution in [3.63, 3.8) is 0 Å². The van der Waals surface area contributed by atoms with E-state index in [1.165, 1.54) is 0 Å². The molecule has 2 aromatic carbocycles. The zero-order valence-electron chi connectivity index (χ0n) is 15.9.